The zero-order chi connectivity index (χ0) is 17.0. The Morgan fingerprint density at radius 1 is 1.30 bits per heavy atom. The van der Waals surface area contributed by atoms with Crippen molar-refractivity contribution >= 4 is 23.5 Å². The minimum atomic E-state index is -0.479. The quantitative estimate of drug-likeness (QED) is 0.368. The van der Waals surface area contributed by atoms with Crippen molar-refractivity contribution in [2.75, 3.05) is 6.61 Å². The molecule has 0 N–H and O–H groups in total. The zero-order valence-electron chi connectivity index (χ0n) is 13.0. The van der Waals surface area contributed by atoms with Crippen LogP contribution in [-0.4, -0.2) is 23.3 Å². The number of nitro groups is 1. The minimum Gasteiger partial charge on any atom is -0.463 e. The molecular weight excluding hydrogens is 298 g/mol. The molecule has 0 saturated carbocycles. The van der Waals surface area contributed by atoms with Gasteiger partial charge < -0.3 is 4.74 Å². The highest BCUT2D eigenvalue weighted by atomic mass is 16.6. The van der Waals surface area contributed by atoms with Crippen LogP contribution in [0.4, 0.5) is 5.69 Å². The predicted octanol–water partition coefficient (Wildman–Crippen LogP) is 3.22. The molecule has 0 unspecified atom stereocenters. The molecule has 0 spiro atoms. The van der Waals surface area contributed by atoms with Crippen LogP contribution >= 0.6 is 0 Å². The molecule has 0 fully saturated rings. The second-order valence-corrected chi connectivity index (χ2v) is 5.15. The first kappa shape index (κ1) is 16.6. The molecule has 6 nitrogen and oxygen atoms in total. The Hall–Kier alpha value is -2.76. The number of hydrogen-bond acceptors (Lipinski definition) is 5. The fourth-order valence-corrected chi connectivity index (χ4v) is 2.45. The van der Waals surface area contributed by atoms with Gasteiger partial charge in [-0.1, -0.05) is 0 Å². The van der Waals surface area contributed by atoms with E-state index in [0.717, 1.165) is 0 Å². The Kier molecular flexibility index (Phi) is 5.05. The summed E-state index contributed by atoms with van der Waals surface area (Å²) in [4.78, 5) is 34.3. The largest absolute Gasteiger partial charge is 0.463 e. The molecule has 120 valence electrons. The Balaban J connectivity index is 2.38. The number of allylic oxidation sites excluding steroid dienone is 2. The number of benzene rings is 1. The summed E-state index contributed by atoms with van der Waals surface area (Å²) in [6.45, 7) is 3.74. The van der Waals surface area contributed by atoms with Gasteiger partial charge in [0.1, 0.15) is 0 Å². The van der Waals surface area contributed by atoms with E-state index in [1.54, 1.807) is 32.1 Å². The summed E-state index contributed by atoms with van der Waals surface area (Å²) in [5, 5.41) is 10.7. The van der Waals surface area contributed by atoms with E-state index in [2.05, 4.69) is 0 Å². The highest BCUT2D eigenvalue weighted by Gasteiger charge is 2.26. The van der Waals surface area contributed by atoms with Crippen LogP contribution in [0.5, 0.6) is 0 Å². The van der Waals surface area contributed by atoms with E-state index in [1.807, 2.05) is 0 Å². The summed E-state index contributed by atoms with van der Waals surface area (Å²) in [5.74, 6) is -0.444. The summed E-state index contributed by atoms with van der Waals surface area (Å²) in [7, 11) is 0. The van der Waals surface area contributed by atoms with Crippen molar-refractivity contribution in [2.24, 2.45) is 0 Å². The third-order valence-corrected chi connectivity index (χ3v) is 3.70. The molecule has 1 aliphatic rings. The number of nitro benzene ring substituents is 1. The van der Waals surface area contributed by atoms with E-state index in [-0.39, 0.29) is 24.5 Å². The van der Waals surface area contributed by atoms with E-state index in [1.165, 1.54) is 12.1 Å². The second kappa shape index (κ2) is 7.00. The molecule has 1 aliphatic carbocycles. The smallest absolute Gasteiger partial charge is 0.334 e. The molecule has 0 saturated heterocycles. The molecule has 0 amide bonds. The molecule has 0 radical (unpaired) electrons. The summed E-state index contributed by atoms with van der Waals surface area (Å²) in [5.41, 5.74) is 2.23. The lowest BCUT2D eigenvalue weighted by Gasteiger charge is -2.18. The van der Waals surface area contributed by atoms with Crippen molar-refractivity contribution in [3.05, 3.63) is 56.7 Å². The lowest BCUT2D eigenvalue weighted by Crippen LogP contribution is -2.18. The van der Waals surface area contributed by atoms with Crippen molar-refractivity contribution in [1.29, 1.82) is 0 Å². The van der Waals surface area contributed by atoms with Gasteiger partial charge in [0.2, 0.25) is 0 Å². The maximum Gasteiger partial charge on any atom is 0.334 e. The van der Waals surface area contributed by atoms with Crippen LogP contribution in [0.25, 0.3) is 6.08 Å². The number of Topliss-reactive ketones (excluding diaryl/α,β-unsaturated/α-hetero) is 1. The van der Waals surface area contributed by atoms with Crippen molar-refractivity contribution in [3.8, 4) is 0 Å². The number of ketones is 1. The fraction of sp³-hybridized carbons (Fsp3) is 0.294. The topological polar surface area (TPSA) is 86.5 Å². The summed E-state index contributed by atoms with van der Waals surface area (Å²) < 4.78 is 5.02. The molecule has 2 rings (SSSR count). The highest BCUT2D eigenvalue weighted by molar-refractivity contribution is 6.08. The first-order chi connectivity index (χ1) is 10.9. The lowest BCUT2D eigenvalue weighted by molar-refractivity contribution is -0.384. The van der Waals surface area contributed by atoms with Gasteiger partial charge in [-0.05, 0) is 49.6 Å². The normalized spacial score (nSPS) is 16.6. The van der Waals surface area contributed by atoms with Gasteiger partial charge in [-0.25, -0.2) is 4.79 Å². The predicted molar refractivity (Wildman–Crippen MR) is 84.6 cm³/mol. The maximum absolute atomic E-state index is 12.1. The van der Waals surface area contributed by atoms with Crippen molar-refractivity contribution in [3.63, 3.8) is 0 Å². The molecule has 1 aromatic rings. The monoisotopic (exact) mass is 315 g/mol. The SMILES string of the molecule is CCOC(=O)C1=C(C)/C(=C\c2ccc([N+](=O)[O-])cc2)C(=O)CC1. The van der Waals surface area contributed by atoms with Gasteiger partial charge in [-0.2, -0.15) is 0 Å². The van der Waals surface area contributed by atoms with Gasteiger partial charge >= 0.3 is 5.97 Å². The molecule has 1 aromatic carbocycles. The molecule has 0 bridgehead atoms. The molecule has 0 aromatic heterocycles. The van der Waals surface area contributed by atoms with Gasteiger partial charge in [0.05, 0.1) is 11.5 Å². The van der Waals surface area contributed by atoms with Gasteiger partial charge in [0.25, 0.3) is 5.69 Å². The Bertz CT molecular complexity index is 713. The van der Waals surface area contributed by atoms with Crippen LogP contribution in [0.3, 0.4) is 0 Å². The van der Waals surface area contributed by atoms with Crippen LogP contribution in [0.1, 0.15) is 32.3 Å². The van der Waals surface area contributed by atoms with Crippen LogP contribution in [-0.2, 0) is 14.3 Å². The number of nitrogens with zero attached hydrogens (tertiary/aromatic N) is 1. The van der Waals surface area contributed by atoms with Crippen LogP contribution in [0.15, 0.2) is 41.0 Å². The van der Waals surface area contributed by atoms with Gasteiger partial charge in [-0.3, -0.25) is 14.9 Å². The van der Waals surface area contributed by atoms with Crippen LogP contribution < -0.4 is 0 Å². The maximum atomic E-state index is 12.1. The third-order valence-electron chi connectivity index (χ3n) is 3.70. The van der Waals surface area contributed by atoms with E-state index < -0.39 is 10.9 Å². The van der Waals surface area contributed by atoms with E-state index in [4.69, 9.17) is 4.74 Å². The zero-order valence-corrected chi connectivity index (χ0v) is 13.0. The Morgan fingerprint density at radius 3 is 2.52 bits per heavy atom. The number of non-ortho nitro benzene ring substituents is 1. The number of hydrogen-bond donors (Lipinski definition) is 0. The summed E-state index contributed by atoms with van der Waals surface area (Å²) >= 11 is 0. The number of esters is 1. The van der Waals surface area contributed by atoms with Crippen LogP contribution in [0, 0.1) is 10.1 Å². The van der Waals surface area contributed by atoms with Gasteiger partial charge in [0, 0.05) is 29.7 Å². The van der Waals surface area contributed by atoms with Crippen LogP contribution in [0.2, 0.25) is 0 Å². The average Bonchev–Trinajstić information content (AvgIpc) is 2.52. The first-order valence-corrected chi connectivity index (χ1v) is 7.30. The van der Waals surface area contributed by atoms with E-state index in [9.17, 15) is 19.7 Å². The van der Waals surface area contributed by atoms with E-state index in [0.29, 0.717) is 28.7 Å². The Labute approximate surface area is 133 Å². The average molecular weight is 315 g/mol. The molecule has 0 aliphatic heterocycles. The van der Waals surface area contributed by atoms with Crippen molar-refractivity contribution < 1.29 is 19.2 Å². The van der Waals surface area contributed by atoms with Gasteiger partial charge in [-0.15, -0.1) is 0 Å². The molecule has 23 heavy (non-hydrogen) atoms. The lowest BCUT2D eigenvalue weighted by atomic mass is 9.86. The third kappa shape index (κ3) is 3.71. The number of carbonyl (C=O) groups excluding carboxylic acids is 2. The van der Waals surface area contributed by atoms with Crippen molar-refractivity contribution in [1.82, 2.24) is 0 Å². The van der Waals surface area contributed by atoms with Crippen molar-refractivity contribution in [2.45, 2.75) is 26.7 Å². The van der Waals surface area contributed by atoms with Gasteiger partial charge in [0.15, 0.2) is 5.78 Å². The molecule has 6 heteroatoms. The Morgan fingerprint density at radius 2 is 1.96 bits per heavy atom. The second-order valence-electron chi connectivity index (χ2n) is 5.15. The standard InChI is InChI=1S/C17H17NO5/c1-3-23-17(20)14-8-9-16(19)15(11(14)2)10-12-4-6-13(7-5-12)18(21)22/h4-7,10H,3,8-9H2,1-2H3/b15-10+. The molecule has 0 heterocycles. The fourth-order valence-electron chi connectivity index (χ4n) is 2.45. The number of carbonyl (C=O) groups is 2. The first-order valence-electron chi connectivity index (χ1n) is 7.30. The summed E-state index contributed by atoms with van der Waals surface area (Å²) in [6, 6.07) is 5.91. The number of ether oxygens (including phenoxy) is 1. The molecular formula is C17H17NO5. The molecule has 0 atom stereocenters. The minimum absolute atomic E-state index is 0.0124. The highest BCUT2D eigenvalue weighted by Crippen LogP contribution is 2.29. The number of rotatable bonds is 4. The summed E-state index contributed by atoms with van der Waals surface area (Å²) in [6.07, 6.45) is 2.28. The van der Waals surface area contributed by atoms with E-state index >= 15 is 0 Å².